The standard InChI is InChI=1S/C13H14N2O3/c1-2-18-13(17)9-14-15-11-6-4-3-5-10(11)7-8-12(15)16/h3-8,14H,2,9H2,1H3. The van der Waals surface area contributed by atoms with Crippen LogP contribution >= 0.6 is 0 Å². The molecule has 0 saturated heterocycles. The van der Waals surface area contributed by atoms with E-state index in [4.69, 9.17) is 4.74 Å². The number of para-hydroxylation sites is 1. The number of rotatable bonds is 4. The van der Waals surface area contributed by atoms with Crippen LogP contribution in [0.5, 0.6) is 0 Å². The van der Waals surface area contributed by atoms with Gasteiger partial charge >= 0.3 is 5.97 Å². The minimum absolute atomic E-state index is 0.0399. The molecule has 0 spiro atoms. The van der Waals surface area contributed by atoms with E-state index in [1.807, 2.05) is 24.3 Å². The highest BCUT2D eigenvalue weighted by Gasteiger charge is 2.05. The molecule has 0 radical (unpaired) electrons. The zero-order chi connectivity index (χ0) is 13.0. The summed E-state index contributed by atoms with van der Waals surface area (Å²) in [5, 5.41) is 0.924. The molecule has 94 valence electrons. The van der Waals surface area contributed by atoms with Crippen molar-refractivity contribution >= 4 is 16.9 Å². The average Bonchev–Trinajstić information content (AvgIpc) is 2.38. The molecule has 0 aliphatic heterocycles. The highest BCUT2D eigenvalue weighted by atomic mass is 16.5. The lowest BCUT2D eigenvalue weighted by molar-refractivity contribution is -0.141. The zero-order valence-electron chi connectivity index (χ0n) is 10.1. The minimum Gasteiger partial charge on any atom is -0.465 e. The van der Waals surface area contributed by atoms with Crippen LogP contribution < -0.4 is 11.0 Å². The predicted octanol–water partition coefficient (Wildman–Crippen LogP) is 1.11. The van der Waals surface area contributed by atoms with Crippen molar-refractivity contribution in [2.24, 2.45) is 0 Å². The Bertz CT molecular complexity index is 619. The first kappa shape index (κ1) is 12.2. The second-order valence-corrected chi connectivity index (χ2v) is 3.71. The number of ether oxygens (including phenoxy) is 1. The van der Waals surface area contributed by atoms with Crippen LogP contribution in [0.4, 0.5) is 0 Å². The van der Waals surface area contributed by atoms with Gasteiger partial charge in [-0.25, -0.2) is 4.68 Å². The lowest BCUT2D eigenvalue weighted by Gasteiger charge is -2.11. The number of hydrogen-bond donors (Lipinski definition) is 1. The Labute approximate surface area is 104 Å². The fourth-order valence-electron chi connectivity index (χ4n) is 1.71. The first-order valence-corrected chi connectivity index (χ1v) is 5.72. The number of hydrogen-bond acceptors (Lipinski definition) is 4. The second-order valence-electron chi connectivity index (χ2n) is 3.71. The van der Waals surface area contributed by atoms with E-state index in [-0.39, 0.29) is 12.1 Å². The number of esters is 1. The Morgan fingerprint density at radius 2 is 2.06 bits per heavy atom. The molecular formula is C13H14N2O3. The van der Waals surface area contributed by atoms with Gasteiger partial charge in [0.2, 0.25) is 0 Å². The Hall–Kier alpha value is -2.30. The van der Waals surface area contributed by atoms with Gasteiger partial charge in [-0.1, -0.05) is 18.2 Å². The van der Waals surface area contributed by atoms with Gasteiger partial charge in [-0.05, 0) is 19.1 Å². The van der Waals surface area contributed by atoms with Gasteiger partial charge in [0.1, 0.15) is 6.54 Å². The van der Waals surface area contributed by atoms with E-state index in [1.54, 1.807) is 13.0 Å². The second kappa shape index (κ2) is 5.35. The molecule has 2 rings (SSSR count). The van der Waals surface area contributed by atoms with Crippen molar-refractivity contribution < 1.29 is 9.53 Å². The Kier molecular flexibility index (Phi) is 3.62. The van der Waals surface area contributed by atoms with E-state index < -0.39 is 5.97 Å². The zero-order valence-corrected chi connectivity index (χ0v) is 10.1. The fourth-order valence-corrected chi connectivity index (χ4v) is 1.71. The third kappa shape index (κ3) is 2.51. The van der Waals surface area contributed by atoms with E-state index in [1.165, 1.54) is 10.7 Å². The Balaban J connectivity index is 2.29. The number of fused-ring (bicyclic) bond motifs is 1. The largest absolute Gasteiger partial charge is 0.465 e. The molecule has 0 amide bonds. The van der Waals surface area contributed by atoms with Gasteiger partial charge in [0.25, 0.3) is 5.56 Å². The van der Waals surface area contributed by atoms with Crippen molar-refractivity contribution in [3.05, 3.63) is 46.8 Å². The van der Waals surface area contributed by atoms with Crippen LogP contribution in [-0.4, -0.2) is 23.8 Å². The van der Waals surface area contributed by atoms with E-state index in [2.05, 4.69) is 5.43 Å². The van der Waals surface area contributed by atoms with Gasteiger partial charge in [-0.3, -0.25) is 9.59 Å². The summed E-state index contributed by atoms with van der Waals surface area (Å²) >= 11 is 0. The summed E-state index contributed by atoms with van der Waals surface area (Å²) in [7, 11) is 0. The molecule has 1 heterocycles. The fraction of sp³-hybridized carbons (Fsp3) is 0.231. The molecule has 5 heteroatoms. The number of carbonyl (C=O) groups excluding carboxylic acids is 1. The van der Waals surface area contributed by atoms with Crippen molar-refractivity contribution in [3.8, 4) is 0 Å². The first-order chi connectivity index (χ1) is 8.72. The highest BCUT2D eigenvalue weighted by molar-refractivity contribution is 5.79. The van der Waals surface area contributed by atoms with Crippen LogP contribution in [0.25, 0.3) is 10.9 Å². The molecular weight excluding hydrogens is 232 g/mol. The molecule has 0 unspecified atom stereocenters. The maximum atomic E-state index is 11.8. The smallest absolute Gasteiger partial charge is 0.326 e. The molecule has 18 heavy (non-hydrogen) atoms. The molecule has 5 nitrogen and oxygen atoms in total. The van der Waals surface area contributed by atoms with E-state index in [0.717, 1.165) is 10.9 Å². The third-order valence-electron chi connectivity index (χ3n) is 2.49. The van der Waals surface area contributed by atoms with Crippen LogP contribution in [0.1, 0.15) is 6.92 Å². The molecule has 0 bridgehead atoms. The first-order valence-electron chi connectivity index (χ1n) is 5.72. The van der Waals surface area contributed by atoms with Crippen molar-refractivity contribution in [1.29, 1.82) is 0 Å². The van der Waals surface area contributed by atoms with Crippen LogP contribution in [0, 0.1) is 0 Å². The molecule has 0 fully saturated rings. The lowest BCUT2D eigenvalue weighted by atomic mass is 10.2. The van der Waals surface area contributed by atoms with E-state index >= 15 is 0 Å². The van der Waals surface area contributed by atoms with Gasteiger partial charge in [0.05, 0.1) is 12.1 Å². The normalized spacial score (nSPS) is 10.3. The number of nitrogens with one attached hydrogen (secondary N) is 1. The molecule has 0 saturated carbocycles. The highest BCUT2D eigenvalue weighted by Crippen LogP contribution is 2.09. The average molecular weight is 246 g/mol. The summed E-state index contributed by atoms with van der Waals surface area (Å²) in [5.41, 5.74) is 3.29. The summed E-state index contributed by atoms with van der Waals surface area (Å²) in [6, 6.07) is 10.7. The van der Waals surface area contributed by atoms with Crippen molar-refractivity contribution in [2.45, 2.75) is 6.92 Å². The minimum atomic E-state index is -0.391. The molecule has 2 aromatic rings. The maximum Gasteiger partial charge on any atom is 0.326 e. The van der Waals surface area contributed by atoms with E-state index in [9.17, 15) is 9.59 Å². The van der Waals surface area contributed by atoms with Crippen LogP contribution in [0.3, 0.4) is 0 Å². The van der Waals surface area contributed by atoms with Gasteiger partial charge in [0, 0.05) is 11.5 Å². The molecule has 1 N–H and O–H groups in total. The molecule has 0 atom stereocenters. The summed E-state index contributed by atoms with van der Waals surface area (Å²) in [6.45, 7) is 2.02. The number of benzene rings is 1. The molecule has 0 aliphatic carbocycles. The lowest BCUT2D eigenvalue weighted by Crippen LogP contribution is -2.32. The van der Waals surface area contributed by atoms with Crippen LogP contribution in [0.2, 0.25) is 0 Å². The van der Waals surface area contributed by atoms with Gasteiger partial charge in [0.15, 0.2) is 0 Å². The molecule has 0 aliphatic rings. The Morgan fingerprint density at radius 3 is 2.83 bits per heavy atom. The molecule has 1 aromatic carbocycles. The van der Waals surface area contributed by atoms with Gasteiger partial charge in [-0.15, -0.1) is 0 Å². The quantitative estimate of drug-likeness (QED) is 0.821. The van der Waals surface area contributed by atoms with E-state index in [0.29, 0.717) is 6.61 Å². The maximum absolute atomic E-state index is 11.8. The molecule has 1 aromatic heterocycles. The summed E-state index contributed by atoms with van der Waals surface area (Å²) in [4.78, 5) is 23.0. The number of carbonyl (C=O) groups is 1. The summed E-state index contributed by atoms with van der Waals surface area (Å²) in [5.74, 6) is -0.391. The number of pyridine rings is 1. The summed E-state index contributed by atoms with van der Waals surface area (Å²) < 4.78 is 6.15. The SMILES string of the molecule is CCOC(=O)CNn1c(=O)ccc2ccccc21. The van der Waals surface area contributed by atoms with Gasteiger partial charge in [-0.2, -0.15) is 0 Å². The topological polar surface area (TPSA) is 60.3 Å². The van der Waals surface area contributed by atoms with Crippen LogP contribution in [0.15, 0.2) is 41.2 Å². The number of aromatic nitrogens is 1. The Morgan fingerprint density at radius 1 is 1.28 bits per heavy atom. The van der Waals surface area contributed by atoms with Crippen molar-refractivity contribution in [2.75, 3.05) is 18.6 Å². The van der Waals surface area contributed by atoms with Crippen molar-refractivity contribution in [3.63, 3.8) is 0 Å². The monoisotopic (exact) mass is 246 g/mol. The number of nitrogens with zero attached hydrogens (tertiary/aromatic N) is 1. The third-order valence-corrected chi connectivity index (χ3v) is 2.49. The summed E-state index contributed by atoms with van der Waals surface area (Å²) in [6.07, 6.45) is 0. The van der Waals surface area contributed by atoms with Gasteiger partial charge < -0.3 is 10.2 Å². The van der Waals surface area contributed by atoms with Crippen LogP contribution in [-0.2, 0) is 9.53 Å². The predicted molar refractivity (Wildman–Crippen MR) is 69.1 cm³/mol. The van der Waals surface area contributed by atoms with Crippen molar-refractivity contribution in [1.82, 2.24) is 4.68 Å².